The van der Waals surface area contributed by atoms with Gasteiger partial charge in [-0.3, -0.25) is 9.69 Å². The van der Waals surface area contributed by atoms with Crippen LogP contribution < -0.4 is 11.9 Å². The molecule has 3 amide bonds. The monoisotopic (exact) mass is 163 g/mol. The van der Waals surface area contributed by atoms with Crippen molar-refractivity contribution in [3.05, 3.63) is 0 Å². The smallest absolute Gasteiger partial charge is 0.395 e. The summed E-state index contributed by atoms with van der Waals surface area (Å²) >= 11 is 0. The third kappa shape index (κ3) is 3.16. The van der Waals surface area contributed by atoms with Crippen LogP contribution in [-0.2, 0) is 9.59 Å². The summed E-state index contributed by atoms with van der Waals surface area (Å²) in [6.45, 7) is 0. The van der Waals surface area contributed by atoms with Crippen LogP contribution in [0.1, 0.15) is 0 Å². The normalized spacial score (nSPS) is 7.73. The number of amides is 3. The van der Waals surface area contributed by atoms with Crippen LogP contribution in [0.25, 0.3) is 0 Å². The maximum Gasteiger partial charge on any atom is 0.395 e. The average molecular weight is 163 g/mol. The molecule has 0 bridgehead atoms. The number of carbonyl (C=O) groups excluding carboxylic acids is 2. The van der Waals surface area contributed by atoms with E-state index in [2.05, 4.69) is 5.73 Å². The molecule has 0 aromatic heterocycles. The molecule has 6 N–H and O–H groups in total. The van der Waals surface area contributed by atoms with Crippen molar-refractivity contribution in [3.63, 3.8) is 0 Å². The number of rotatable bonds is 0. The van der Waals surface area contributed by atoms with Crippen molar-refractivity contribution in [1.29, 1.82) is 0 Å². The van der Waals surface area contributed by atoms with Crippen LogP contribution in [0.2, 0.25) is 0 Å². The maximum absolute atomic E-state index is 10.3. The zero-order chi connectivity index (χ0) is 8.31. The van der Waals surface area contributed by atoms with E-state index >= 15 is 0 Å². The minimum Gasteiger partial charge on any atom is -0.474 e. The summed E-state index contributed by atoms with van der Waals surface area (Å²) in [4.78, 5) is 30.6. The van der Waals surface area contributed by atoms with E-state index in [1.54, 1.807) is 0 Å². The number of nitrogens with two attached hydrogens (primary N) is 1. The van der Waals surface area contributed by atoms with Gasteiger partial charge in [0.15, 0.2) is 0 Å². The van der Waals surface area contributed by atoms with E-state index in [-0.39, 0.29) is 6.15 Å². The van der Waals surface area contributed by atoms with Crippen molar-refractivity contribution in [2.75, 3.05) is 7.05 Å². The van der Waals surface area contributed by atoms with Crippen molar-refractivity contribution in [1.82, 2.24) is 11.1 Å². The van der Waals surface area contributed by atoms with E-state index < -0.39 is 17.9 Å². The zero-order valence-corrected chi connectivity index (χ0v) is 5.90. The molecule has 0 unspecified atom stereocenters. The molecule has 0 aromatic rings. The van der Waals surface area contributed by atoms with Crippen LogP contribution in [0, 0.1) is 0 Å². The van der Waals surface area contributed by atoms with E-state index in [1.165, 1.54) is 0 Å². The number of likely N-dealkylation sites (N-methyl/N-ethyl adjacent to an activating group) is 1. The number of imide groups is 1. The third-order valence-electron chi connectivity index (χ3n) is 0.818. The van der Waals surface area contributed by atoms with Crippen LogP contribution in [0.3, 0.4) is 0 Å². The molecule has 0 atom stereocenters. The lowest BCUT2D eigenvalue weighted by molar-refractivity contribution is -0.153. The Bertz CT molecular complexity index is 190. The van der Waals surface area contributed by atoms with Crippen LogP contribution in [0.4, 0.5) is 4.79 Å². The summed E-state index contributed by atoms with van der Waals surface area (Å²) in [5, 5.41) is 8.00. The zero-order valence-electron chi connectivity index (χ0n) is 5.90. The number of hydrogen-bond acceptors (Lipinski definition) is 4. The van der Waals surface area contributed by atoms with Crippen molar-refractivity contribution in [2.24, 2.45) is 5.73 Å². The summed E-state index contributed by atoms with van der Waals surface area (Å²) in [5.74, 6) is -3.05. The molecule has 0 rings (SSSR count). The minimum absolute atomic E-state index is 0. The highest BCUT2D eigenvalue weighted by atomic mass is 16.4. The molecule has 7 nitrogen and oxygen atoms in total. The topological polar surface area (TPSA) is 136 Å². The molecule has 7 heteroatoms. The molecule has 0 aliphatic heterocycles. The van der Waals surface area contributed by atoms with Gasteiger partial charge in [-0.15, -0.1) is 0 Å². The first-order chi connectivity index (χ1) is 4.46. The molecule has 64 valence electrons. The van der Waals surface area contributed by atoms with Crippen LogP contribution in [0.5, 0.6) is 0 Å². The molecule has 0 aliphatic carbocycles. The fourth-order valence-corrected chi connectivity index (χ4v) is 0.244. The Hall–Kier alpha value is -1.63. The molecule has 0 saturated heterocycles. The summed E-state index contributed by atoms with van der Waals surface area (Å²) in [5.41, 5.74) is 4.58. The molecule has 0 heterocycles. The lowest BCUT2D eigenvalue weighted by Crippen LogP contribution is -2.41. The number of aliphatic carboxylic acids is 1. The molecular weight excluding hydrogens is 154 g/mol. The summed E-state index contributed by atoms with van der Waals surface area (Å²) in [6, 6.07) is -1.09. The summed E-state index contributed by atoms with van der Waals surface area (Å²) in [7, 11) is 0.985. The van der Waals surface area contributed by atoms with E-state index in [0.717, 1.165) is 7.05 Å². The third-order valence-corrected chi connectivity index (χ3v) is 0.818. The van der Waals surface area contributed by atoms with E-state index in [9.17, 15) is 14.4 Å². The number of carbonyl (C=O) groups is 3. The number of primary amides is 1. The van der Waals surface area contributed by atoms with Crippen LogP contribution >= 0.6 is 0 Å². The number of carboxylic acids is 1. The van der Waals surface area contributed by atoms with Crippen molar-refractivity contribution in [3.8, 4) is 0 Å². The summed E-state index contributed by atoms with van der Waals surface area (Å²) < 4.78 is 0. The van der Waals surface area contributed by atoms with Gasteiger partial charge in [0.25, 0.3) is 0 Å². The molecule has 0 fully saturated rings. The Balaban J connectivity index is 0. The first-order valence-electron chi connectivity index (χ1n) is 2.27. The first kappa shape index (κ1) is 12.1. The van der Waals surface area contributed by atoms with Gasteiger partial charge in [0, 0.05) is 7.05 Å². The first-order valence-corrected chi connectivity index (χ1v) is 2.27. The Kier molecular flexibility index (Phi) is 4.64. The van der Waals surface area contributed by atoms with Crippen molar-refractivity contribution >= 4 is 17.9 Å². The van der Waals surface area contributed by atoms with E-state index in [4.69, 9.17) is 5.11 Å². The van der Waals surface area contributed by atoms with Gasteiger partial charge < -0.3 is 17.0 Å². The van der Waals surface area contributed by atoms with E-state index in [1.807, 2.05) is 0 Å². The number of nitrogens with zero attached hydrogens (tertiary/aromatic N) is 1. The Labute approximate surface area is 62.3 Å². The number of hydrogen-bond donors (Lipinski definition) is 3. The molecule has 11 heavy (non-hydrogen) atoms. The predicted octanol–water partition coefficient (Wildman–Crippen LogP) is -1.23. The van der Waals surface area contributed by atoms with Gasteiger partial charge in [0.1, 0.15) is 0 Å². The second kappa shape index (κ2) is 4.23. The highest BCUT2D eigenvalue weighted by Gasteiger charge is 2.20. The van der Waals surface area contributed by atoms with Gasteiger partial charge in [0.05, 0.1) is 0 Å². The van der Waals surface area contributed by atoms with E-state index in [0.29, 0.717) is 4.90 Å². The fraction of sp³-hybridized carbons (Fsp3) is 0.250. The lowest BCUT2D eigenvalue weighted by atomic mass is 10.5. The minimum atomic E-state index is -1.71. The number of urea groups is 1. The largest absolute Gasteiger partial charge is 0.474 e. The van der Waals surface area contributed by atoms with Crippen LogP contribution in [-0.4, -0.2) is 35.0 Å². The predicted molar refractivity (Wildman–Crippen MR) is 35.0 cm³/mol. The average Bonchev–Trinajstić information content (AvgIpc) is 1.84. The molecule has 0 radical (unpaired) electrons. The lowest BCUT2D eigenvalue weighted by Gasteiger charge is -2.06. The van der Waals surface area contributed by atoms with Gasteiger partial charge in [-0.2, -0.15) is 0 Å². The molecule has 0 saturated carbocycles. The van der Waals surface area contributed by atoms with Gasteiger partial charge in [-0.25, -0.2) is 9.59 Å². The quantitative estimate of drug-likeness (QED) is 0.384. The molecule has 0 aliphatic rings. The van der Waals surface area contributed by atoms with Gasteiger partial charge in [-0.05, 0) is 0 Å². The highest BCUT2D eigenvalue weighted by molar-refractivity contribution is 6.34. The fourth-order valence-electron chi connectivity index (χ4n) is 0.244. The van der Waals surface area contributed by atoms with Crippen LogP contribution in [0.15, 0.2) is 0 Å². The Morgan fingerprint density at radius 3 is 1.82 bits per heavy atom. The van der Waals surface area contributed by atoms with Crippen molar-refractivity contribution in [2.45, 2.75) is 0 Å². The second-order valence-electron chi connectivity index (χ2n) is 1.51. The number of carboxylic acid groups (broad SMARTS) is 1. The highest BCUT2D eigenvalue weighted by Crippen LogP contribution is 1.82. The maximum atomic E-state index is 10.3. The van der Waals surface area contributed by atoms with Gasteiger partial charge in [0.2, 0.25) is 0 Å². The standard InChI is InChI=1S/C4H6N2O4.H3N/c1-6(4(5)10)2(7)3(8)9;/h1H3,(H2,5,10)(H,8,9);1H3. The molecule has 0 spiro atoms. The molecule has 0 aromatic carbocycles. The molecular formula is C4H9N3O4. The van der Waals surface area contributed by atoms with Gasteiger partial charge in [-0.1, -0.05) is 0 Å². The van der Waals surface area contributed by atoms with Gasteiger partial charge >= 0.3 is 17.9 Å². The van der Waals surface area contributed by atoms with Crippen molar-refractivity contribution < 1.29 is 19.5 Å². The second-order valence-corrected chi connectivity index (χ2v) is 1.51. The Morgan fingerprint density at radius 2 is 1.73 bits per heavy atom. The SMILES string of the molecule is CN(C(N)=O)C(=O)C(=O)O.N. The summed E-state index contributed by atoms with van der Waals surface area (Å²) in [6.07, 6.45) is 0. The Morgan fingerprint density at radius 1 is 1.36 bits per heavy atom.